The van der Waals surface area contributed by atoms with E-state index in [4.69, 9.17) is 0 Å². The molecule has 1 aromatic heterocycles. The van der Waals surface area contributed by atoms with Gasteiger partial charge in [-0.15, -0.1) is 0 Å². The summed E-state index contributed by atoms with van der Waals surface area (Å²) in [5, 5.41) is 7.59. The van der Waals surface area contributed by atoms with Crippen LogP contribution >= 0.6 is 0 Å². The van der Waals surface area contributed by atoms with Crippen molar-refractivity contribution in [3.63, 3.8) is 0 Å². The number of rotatable bonds is 3. The Bertz CT molecular complexity index is 250. The van der Waals surface area contributed by atoms with Crippen LogP contribution in [-0.2, 0) is 7.05 Å². The van der Waals surface area contributed by atoms with Gasteiger partial charge in [0.1, 0.15) is 0 Å². The van der Waals surface area contributed by atoms with Gasteiger partial charge >= 0.3 is 0 Å². The van der Waals surface area contributed by atoms with Gasteiger partial charge in [0.25, 0.3) is 0 Å². The first kappa shape index (κ1) is 9.10. The van der Waals surface area contributed by atoms with Crippen LogP contribution in [0.25, 0.3) is 0 Å². The maximum absolute atomic E-state index is 4.29. The number of hydrogen-bond acceptors (Lipinski definition) is 2. The van der Waals surface area contributed by atoms with E-state index < -0.39 is 0 Å². The number of hydrogen-bond donors (Lipinski definition) is 1. The molecule has 1 N–H and O–H groups in total. The van der Waals surface area contributed by atoms with Gasteiger partial charge in [-0.25, -0.2) is 0 Å². The number of aryl methyl sites for hydroxylation is 2. The quantitative estimate of drug-likeness (QED) is 0.744. The molecule has 68 valence electrons. The second kappa shape index (κ2) is 3.61. The van der Waals surface area contributed by atoms with Gasteiger partial charge in [0, 0.05) is 25.4 Å². The molecule has 0 aliphatic rings. The zero-order chi connectivity index (χ0) is 9.14. The minimum absolute atomic E-state index is 0.659. The first-order valence-electron chi connectivity index (χ1n) is 4.33. The third-order valence-electron chi connectivity index (χ3n) is 1.69. The zero-order valence-electron chi connectivity index (χ0n) is 8.26. The second-order valence-corrected chi connectivity index (χ2v) is 3.61. The van der Waals surface area contributed by atoms with Gasteiger partial charge in [0.05, 0.1) is 0 Å². The molecule has 0 spiro atoms. The van der Waals surface area contributed by atoms with Crippen molar-refractivity contribution < 1.29 is 0 Å². The van der Waals surface area contributed by atoms with Crippen LogP contribution in [-0.4, -0.2) is 16.3 Å². The van der Waals surface area contributed by atoms with Crippen LogP contribution in [0.4, 0.5) is 5.82 Å². The fourth-order valence-electron chi connectivity index (χ4n) is 1.08. The third-order valence-corrected chi connectivity index (χ3v) is 1.69. The van der Waals surface area contributed by atoms with Crippen molar-refractivity contribution in [1.82, 2.24) is 9.78 Å². The molecule has 3 nitrogen and oxygen atoms in total. The van der Waals surface area contributed by atoms with Crippen molar-refractivity contribution in [2.24, 2.45) is 13.0 Å². The monoisotopic (exact) mass is 167 g/mol. The van der Waals surface area contributed by atoms with Crippen molar-refractivity contribution in [2.75, 3.05) is 11.9 Å². The molecule has 0 amide bonds. The molecule has 1 aromatic rings. The Morgan fingerprint density at radius 3 is 2.67 bits per heavy atom. The van der Waals surface area contributed by atoms with Crippen molar-refractivity contribution >= 4 is 5.82 Å². The van der Waals surface area contributed by atoms with Crippen LogP contribution in [0.5, 0.6) is 0 Å². The summed E-state index contributed by atoms with van der Waals surface area (Å²) in [6.45, 7) is 7.42. The van der Waals surface area contributed by atoms with Crippen molar-refractivity contribution in [3.05, 3.63) is 11.8 Å². The molecule has 1 heterocycles. The topological polar surface area (TPSA) is 29.9 Å². The van der Waals surface area contributed by atoms with Crippen LogP contribution in [0.3, 0.4) is 0 Å². The maximum Gasteiger partial charge on any atom is 0.150 e. The lowest BCUT2D eigenvalue weighted by Crippen LogP contribution is -2.09. The summed E-state index contributed by atoms with van der Waals surface area (Å²) in [4.78, 5) is 0. The molecular formula is C9H17N3. The largest absolute Gasteiger partial charge is 0.368 e. The van der Waals surface area contributed by atoms with Gasteiger partial charge in [-0.05, 0) is 12.8 Å². The molecule has 0 aliphatic carbocycles. The number of aromatic nitrogens is 2. The molecule has 0 aromatic carbocycles. The summed E-state index contributed by atoms with van der Waals surface area (Å²) in [6.07, 6.45) is 2.02. The van der Waals surface area contributed by atoms with E-state index in [0.29, 0.717) is 5.92 Å². The Morgan fingerprint density at radius 2 is 2.25 bits per heavy atom. The average molecular weight is 167 g/mol. The highest BCUT2D eigenvalue weighted by Gasteiger charge is 2.02. The van der Waals surface area contributed by atoms with E-state index in [9.17, 15) is 0 Å². The smallest absolute Gasteiger partial charge is 0.150 e. The van der Waals surface area contributed by atoms with Gasteiger partial charge in [0.2, 0.25) is 0 Å². The van der Waals surface area contributed by atoms with Crippen molar-refractivity contribution in [3.8, 4) is 0 Å². The highest BCUT2D eigenvalue weighted by Crippen LogP contribution is 2.10. The van der Waals surface area contributed by atoms with Crippen molar-refractivity contribution in [1.29, 1.82) is 0 Å². The Kier molecular flexibility index (Phi) is 2.74. The molecule has 0 saturated heterocycles. The molecule has 0 unspecified atom stereocenters. The summed E-state index contributed by atoms with van der Waals surface area (Å²) in [7, 11) is 1.94. The van der Waals surface area contributed by atoms with E-state index in [1.54, 1.807) is 0 Å². The normalized spacial score (nSPS) is 10.8. The zero-order valence-corrected chi connectivity index (χ0v) is 8.26. The summed E-state index contributed by atoms with van der Waals surface area (Å²) in [5.41, 5.74) is 1.21. The Hall–Kier alpha value is -0.990. The fourth-order valence-corrected chi connectivity index (χ4v) is 1.08. The fraction of sp³-hybridized carbons (Fsp3) is 0.667. The Balaban J connectivity index is 2.57. The summed E-state index contributed by atoms with van der Waals surface area (Å²) in [6, 6.07) is 0. The van der Waals surface area contributed by atoms with E-state index in [-0.39, 0.29) is 0 Å². The maximum atomic E-state index is 4.29. The van der Waals surface area contributed by atoms with E-state index >= 15 is 0 Å². The van der Waals surface area contributed by atoms with Crippen LogP contribution in [0.2, 0.25) is 0 Å². The lowest BCUT2D eigenvalue weighted by Gasteiger charge is -2.06. The van der Waals surface area contributed by atoms with Gasteiger partial charge in [-0.1, -0.05) is 13.8 Å². The number of anilines is 1. The van der Waals surface area contributed by atoms with Crippen LogP contribution in [0.1, 0.15) is 19.4 Å². The lowest BCUT2D eigenvalue weighted by molar-refractivity contribution is 0.682. The predicted molar refractivity (Wildman–Crippen MR) is 51.3 cm³/mol. The molecule has 0 bridgehead atoms. The van der Waals surface area contributed by atoms with E-state index in [2.05, 4.69) is 31.2 Å². The predicted octanol–water partition coefficient (Wildman–Crippen LogP) is 1.80. The van der Waals surface area contributed by atoms with E-state index in [1.165, 1.54) is 5.56 Å². The standard InChI is InChI=1S/C9H17N3/c1-7(2)5-10-9-8(3)6-12(4)11-9/h6-7H,5H2,1-4H3,(H,10,11). The third kappa shape index (κ3) is 2.26. The highest BCUT2D eigenvalue weighted by molar-refractivity contribution is 5.41. The van der Waals surface area contributed by atoms with E-state index in [0.717, 1.165) is 12.4 Å². The highest BCUT2D eigenvalue weighted by atomic mass is 15.3. The van der Waals surface area contributed by atoms with Crippen LogP contribution < -0.4 is 5.32 Å². The first-order valence-corrected chi connectivity index (χ1v) is 4.33. The van der Waals surface area contributed by atoms with Gasteiger partial charge in [-0.3, -0.25) is 4.68 Å². The Morgan fingerprint density at radius 1 is 1.58 bits per heavy atom. The van der Waals surface area contributed by atoms with Gasteiger partial charge in [0.15, 0.2) is 5.82 Å². The molecule has 0 saturated carbocycles. The minimum atomic E-state index is 0.659. The number of nitrogens with zero attached hydrogens (tertiary/aromatic N) is 2. The minimum Gasteiger partial charge on any atom is -0.368 e. The summed E-state index contributed by atoms with van der Waals surface area (Å²) in [5.74, 6) is 1.66. The Labute approximate surface area is 73.8 Å². The molecule has 0 fully saturated rings. The van der Waals surface area contributed by atoms with E-state index in [1.807, 2.05) is 17.9 Å². The number of nitrogens with one attached hydrogen (secondary N) is 1. The molecule has 0 aliphatic heterocycles. The lowest BCUT2D eigenvalue weighted by atomic mass is 10.2. The molecular weight excluding hydrogens is 150 g/mol. The average Bonchev–Trinajstić information content (AvgIpc) is 2.26. The van der Waals surface area contributed by atoms with Crippen molar-refractivity contribution in [2.45, 2.75) is 20.8 Å². The molecule has 3 heteroatoms. The van der Waals surface area contributed by atoms with Gasteiger partial charge < -0.3 is 5.32 Å². The summed E-state index contributed by atoms with van der Waals surface area (Å²) < 4.78 is 1.83. The molecule has 12 heavy (non-hydrogen) atoms. The van der Waals surface area contributed by atoms with Crippen LogP contribution in [0, 0.1) is 12.8 Å². The SMILES string of the molecule is Cc1cn(C)nc1NCC(C)C. The molecule has 0 atom stereocenters. The van der Waals surface area contributed by atoms with Crippen LogP contribution in [0.15, 0.2) is 6.20 Å². The second-order valence-electron chi connectivity index (χ2n) is 3.61. The first-order chi connectivity index (χ1) is 5.59. The van der Waals surface area contributed by atoms with Gasteiger partial charge in [-0.2, -0.15) is 5.10 Å². The molecule has 0 radical (unpaired) electrons. The summed E-state index contributed by atoms with van der Waals surface area (Å²) >= 11 is 0. The molecule has 1 rings (SSSR count).